The third-order valence-corrected chi connectivity index (χ3v) is 3.41. The first-order valence-corrected chi connectivity index (χ1v) is 10.5. The van der Waals surface area contributed by atoms with Gasteiger partial charge in [0.2, 0.25) is 0 Å². The number of nitrogens with one attached hydrogen (secondary N) is 1. The van der Waals surface area contributed by atoms with Gasteiger partial charge in [-0.1, -0.05) is 78.1 Å². The van der Waals surface area contributed by atoms with Gasteiger partial charge < -0.3 is 5.32 Å². The normalized spacial score (nSPS) is 10.0. The van der Waals surface area contributed by atoms with E-state index in [4.69, 9.17) is 0 Å². The molecule has 0 saturated heterocycles. The van der Waals surface area contributed by atoms with Gasteiger partial charge in [0.15, 0.2) is 0 Å². The van der Waals surface area contributed by atoms with Gasteiger partial charge in [-0.05, 0) is 25.9 Å². The summed E-state index contributed by atoms with van der Waals surface area (Å²) in [6, 6.07) is 0. The first-order chi connectivity index (χ1) is 9.41. The monoisotopic (exact) mass is 324 g/mol. The fraction of sp³-hybridized carbons (Fsp3) is 1.00. The topological polar surface area (TPSA) is 12.0 Å². The van der Waals surface area contributed by atoms with E-state index in [1.807, 2.05) is 0 Å². The summed E-state index contributed by atoms with van der Waals surface area (Å²) in [4.78, 5) is 0. The van der Waals surface area contributed by atoms with Gasteiger partial charge in [0.25, 0.3) is 0 Å². The van der Waals surface area contributed by atoms with Crippen LogP contribution in [0.5, 0.6) is 0 Å². The van der Waals surface area contributed by atoms with E-state index >= 15 is 0 Å². The third kappa shape index (κ3) is 24.4. The molecule has 0 aliphatic rings. The molecule has 1 nitrogen and oxygen atoms in total. The second-order valence-electron chi connectivity index (χ2n) is 5.29. The van der Waals surface area contributed by atoms with Crippen LogP contribution in [0.4, 0.5) is 0 Å². The Balaban J connectivity index is 0. The maximum absolute atomic E-state index is 4.64. The predicted octanol–water partition coefficient (Wildman–Crippen LogP) is 5.98. The van der Waals surface area contributed by atoms with Gasteiger partial charge in [-0.3, -0.25) is 0 Å². The van der Waals surface area contributed by atoms with E-state index in [1.54, 1.807) is 0 Å². The molecule has 0 atom stereocenters. The van der Waals surface area contributed by atoms with E-state index in [1.165, 1.54) is 110 Å². The number of unbranched alkanes of at least 4 members (excludes halogenated alkanes) is 10. The molecule has 1 N–H and O–H groups in total. The summed E-state index contributed by atoms with van der Waals surface area (Å²) in [5.41, 5.74) is 0. The van der Waals surface area contributed by atoms with Crippen molar-refractivity contribution >= 4 is 9.30 Å². The SMILES string of the molecule is CCCCCCCCNCCCCCCCC.[Cl][Ti]. The molecule has 0 aromatic heterocycles. The van der Waals surface area contributed by atoms with Gasteiger partial charge in [0, 0.05) is 0 Å². The van der Waals surface area contributed by atoms with Crippen LogP contribution in [0.2, 0.25) is 0 Å². The Morgan fingerprint density at radius 2 is 0.895 bits per heavy atom. The van der Waals surface area contributed by atoms with Crippen molar-refractivity contribution in [2.75, 3.05) is 13.1 Å². The van der Waals surface area contributed by atoms with E-state index in [0.717, 1.165) is 0 Å². The van der Waals surface area contributed by atoms with Crippen LogP contribution in [0.3, 0.4) is 0 Å². The second-order valence-corrected chi connectivity index (χ2v) is 5.29. The molecule has 19 heavy (non-hydrogen) atoms. The average molecular weight is 325 g/mol. The van der Waals surface area contributed by atoms with E-state index in [9.17, 15) is 0 Å². The van der Waals surface area contributed by atoms with Crippen LogP contribution in [0, 0.1) is 0 Å². The van der Waals surface area contributed by atoms with Crippen LogP contribution in [-0.4, -0.2) is 13.1 Å². The van der Waals surface area contributed by atoms with Crippen molar-refractivity contribution in [3.63, 3.8) is 0 Å². The molecule has 0 fully saturated rings. The molecule has 3 heteroatoms. The summed E-state index contributed by atoms with van der Waals surface area (Å²) < 4.78 is 0. The number of hydrogen-bond acceptors (Lipinski definition) is 1. The third-order valence-electron chi connectivity index (χ3n) is 3.41. The van der Waals surface area contributed by atoms with Gasteiger partial charge in [-0.15, -0.1) is 0 Å². The second kappa shape index (κ2) is 24.0. The van der Waals surface area contributed by atoms with Crippen molar-refractivity contribution in [2.45, 2.75) is 90.9 Å². The molecule has 0 bridgehead atoms. The van der Waals surface area contributed by atoms with Crippen molar-refractivity contribution in [2.24, 2.45) is 0 Å². The molecule has 0 rings (SSSR count). The Bertz CT molecular complexity index is 120. The number of halogens is 1. The van der Waals surface area contributed by atoms with Crippen molar-refractivity contribution in [3.05, 3.63) is 0 Å². The van der Waals surface area contributed by atoms with Crippen LogP contribution < -0.4 is 5.32 Å². The zero-order chi connectivity index (χ0) is 14.6. The molecule has 0 saturated carbocycles. The van der Waals surface area contributed by atoms with Gasteiger partial charge in [0.1, 0.15) is 0 Å². The van der Waals surface area contributed by atoms with Crippen LogP contribution in [-0.2, 0) is 19.4 Å². The quantitative estimate of drug-likeness (QED) is 0.306. The molecule has 0 amide bonds. The van der Waals surface area contributed by atoms with Gasteiger partial charge in [-0.25, -0.2) is 0 Å². The molecule has 0 heterocycles. The van der Waals surface area contributed by atoms with Gasteiger partial charge in [0.05, 0.1) is 0 Å². The van der Waals surface area contributed by atoms with E-state index in [2.05, 4.69) is 28.5 Å². The molecule has 0 aromatic carbocycles. The standard InChI is InChI=1S/C16H35N.ClH.Ti/c1-3-5-7-9-11-13-15-17-16-14-12-10-8-6-4-2;;/h17H,3-16H2,1-2H3;1H;/q;;+1/p-1. The molecule has 0 aromatic rings. The first-order valence-electron chi connectivity index (χ1n) is 8.31. The summed E-state index contributed by atoms with van der Waals surface area (Å²) in [5.74, 6) is 0. The molecule has 0 aliphatic heterocycles. The summed E-state index contributed by atoms with van der Waals surface area (Å²) in [5, 5.41) is 3.57. The first kappa shape index (κ1) is 22.2. The molecular weight excluding hydrogens is 290 g/mol. The molecule has 0 unspecified atom stereocenters. The zero-order valence-corrected chi connectivity index (χ0v) is 15.6. The Labute approximate surface area is 137 Å². The van der Waals surface area contributed by atoms with Crippen molar-refractivity contribution in [1.29, 1.82) is 0 Å². The fourth-order valence-electron chi connectivity index (χ4n) is 2.19. The fourth-order valence-corrected chi connectivity index (χ4v) is 2.19. The van der Waals surface area contributed by atoms with Crippen molar-refractivity contribution in [3.8, 4) is 0 Å². The molecule has 0 radical (unpaired) electrons. The minimum absolute atomic E-state index is 1.24. The molecule has 0 aliphatic carbocycles. The Morgan fingerprint density at radius 3 is 1.26 bits per heavy atom. The van der Waals surface area contributed by atoms with E-state index in [-0.39, 0.29) is 0 Å². The predicted molar refractivity (Wildman–Crippen MR) is 85.5 cm³/mol. The average Bonchev–Trinajstić information content (AvgIpc) is 2.46. The molecular formula is C16H35ClNTi. The summed E-state index contributed by atoms with van der Waals surface area (Å²) in [7, 11) is 4.64. The van der Waals surface area contributed by atoms with E-state index in [0.29, 0.717) is 0 Å². The van der Waals surface area contributed by atoms with Crippen molar-refractivity contribution < 1.29 is 19.4 Å². The zero-order valence-electron chi connectivity index (χ0n) is 13.3. The summed E-state index contributed by atoms with van der Waals surface area (Å²) in [6.45, 7) is 7.03. The van der Waals surface area contributed by atoms with Gasteiger partial charge in [-0.2, -0.15) is 0 Å². The molecule has 115 valence electrons. The minimum atomic E-state index is 1.24. The Morgan fingerprint density at radius 1 is 0.579 bits per heavy atom. The van der Waals surface area contributed by atoms with E-state index < -0.39 is 0 Å². The summed E-state index contributed by atoms with van der Waals surface area (Å²) >= 11 is 1.47. The van der Waals surface area contributed by atoms with Crippen LogP contribution in [0.25, 0.3) is 0 Å². The van der Waals surface area contributed by atoms with Gasteiger partial charge >= 0.3 is 28.7 Å². The molecule has 0 spiro atoms. The summed E-state index contributed by atoms with van der Waals surface area (Å²) in [6.07, 6.45) is 16.9. The Hall–Kier alpha value is 0.964. The van der Waals surface area contributed by atoms with Crippen LogP contribution >= 0.6 is 9.30 Å². The maximum atomic E-state index is 4.64. The van der Waals surface area contributed by atoms with Crippen LogP contribution in [0.15, 0.2) is 0 Å². The Kier molecular flexibility index (Phi) is 28.1. The van der Waals surface area contributed by atoms with Crippen molar-refractivity contribution in [1.82, 2.24) is 5.32 Å². The van der Waals surface area contributed by atoms with Crippen LogP contribution in [0.1, 0.15) is 90.9 Å². The number of rotatable bonds is 14. The number of hydrogen-bond donors (Lipinski definition) is 1.